The number of amides is 4. The maximum atomic E-state index is 14.4. The van der Waals surface area contributed by atoms with Gasteiger partial charge in [0.05, 0.1) is 0 Å². The van der Waals surface area contributed by atoms with Crippen molar-refractivity contribution >= 4 is 29.8 Å². The van der Waals surface area contributed by atoms with Crippen LogP contribution in [-0.2, 0) is 35.3 Å². The predicted molar refractivity (Wildman–Crippen MR) is 175 cm³/mol. The number of piperidine rings is 4. The van der Waals surface area contributed by atoms with Crippen molar-refractivity contribution in [2.75, 3.05) is 26.2 Å². The fourth-order valence-electron chi connectivity index (χ4n) is 7.47. The molecule has 11 nitrogen and oxygen atoms in total. The molecule has 258 valence electrons. The topological polar surface area (TPSA) is 117 Å². The molecule has 47 heavy (non-hydrogen) atoms. The highest BCUT2D eigenvalue weighted by Crippen LogP contribution is 2.30. The number of esters is 1. The molecule has 4 heterocycles. The third-order valence-corrected chi connectivity index (χ3v) is 9.84. The molecule has 1 aromatic carbocycles. The minimum atomic E-state index is -0.694. The Morgan fingerprint density at radius 3 is 1.47 bits per heavy atom. The maximum absolute atomic E-state index is 14.4. The molecule has 4 aliphatic heterocycles. The van der Waals surface area contributed by atoms with Gasteiger partial charge in [-0.2, -0.15) is 0 Å². The number of benzene rings is 1. The first-order valence-corrected chi connectivity index (χ1v) is 17.7. The number of nitrogens with zero attached hydrogens (tertiary/aromatic N) is 4. The third-order valence-electron chi connectivity index (χ3n) is 9.84. The van der Waals surface area contributed by atoms with Crippen molar-refractivity contribution in [1.82, 2.24) is 19.6 Å². The molecule has 4 fully saturated rings. The smallest absolute Gasteiger partial charge is 0.410 e. The molecule has 1 aromatic rings. The second-order valence-electron chi connectivity index (χ2n) is 14.4. The van der Waals surface area contributed by atoms with Crippen molar-refractivity contribution in [3.05, 3.63) is 35.9 Å². The molecular weight excluding hydrogens is 600 g/mol. The largest absolute Gasteiger partial charge is 0.459 e. The number of ether oxygens (including phenoxy) is 2. The number of hydrogen-bond acceptors (Lipinski definition) is 7. The predicted octanol–water partition coefficient (Wildman–Crippen LogP) is 4.66. The van der Waals surface area contributed by atoms with Crippen LogP contribution in [0.5, 0.6) is 0 Å². The Labute approximate surface area is 278 Å². The van der Waals surface area contributed by atoms with Crippen LogP contribution in [0.25, 0.3) is 0 Å². The summed E-state index contributed by atoms with van der Waals surface area (Å²) in [7, 11) is 0. The van der Waals surface area contributed by atoms with Gasteiger partial charge in [0.25, 0.3) is 0 Å². The van der Waals surface area contributed by atoms with Crippen molar-refractivity contribution in [3.63, 3.8) is 0 Å². The van der Waals surface area contributed by atoms with Gasteiger partial charge in [0.1, 0.15) is 36.4 Å². The van der Waals surface area contributed by atoms with Crippen LogP contribution in [0.15, 0.2) is 30.3 Å². The SMILES string of the molecule is CC(C)(C)OC(=O)N1CCCC[C@H]1C(=O)N1CCCC[C@H]1C(=O)N1CCCC[C@H]1C(=O)N1CCCC[C@H]1C(=O)OCc1ccccc1. The van der Waals surface area contributed by atoms with Crippen LogP contribution in [0.2, 0.25) is 0 Å². The van der Waals surface area contributed by atoms with Crippen molar-refractivity contribution in [2.24, 2.45) is 0 Å². The van der Waals surface area contributed by atoms with Gasteiger partial charge in [-0.1, -0.05) is 30.3 Å². The number of carbonyl (C=O) groups excluding carboxylic acids is 5. The van der Waals surface area contributed by atoms with Crippen molar-refractivity contribution < 1.29 is 33.4 Å². The molecule has 11 heteroatoms. The highest BCUT2D eigenvalue weighted by molar-refractivity contribution is 5.95. The number of likely N-dealkylation sites (tertiary alicyclic amines) is 4. The van der Waals surface area contributed by atoms with Crippen LogP contribution in [0, 0.1) is 0 Å². The molecule has 0 aromatic heterocycles. The second kappa shape index (κ2) is 15.5. The summed E-state index contributed by atoms with van der Waals surface area (Å²) in [4.78, 5) is 75.7. The van der Waals surface area contributed by atoms with E-state index in [1.54, 1.807) is 35.5 Å². The van der Waals surface area contributed by atoms with Gasteiger partial charge in [0.15, 0.2) is 0 Å². The van der Waals surface area contributed by atoms with Crippen LogP contribution in [0.1, 0.15) is 103 Å². The van der Waals surface area contributed by atoms with Gasteiger partial charge in [-0.05, 0) is 103 Å². The standard InChI is InChI=1S/C36H52N4O7/c1-36(2,3)47-35(45)40-24-14-9-19-29(40)33(43)38-22-12-7-17-27(38)31(41)37-21-11-8-18-28(37)32(42)39-23-13-10-20-30(39)34(44)46-25-26-15-5-4-6-16-26/h4-6,15-16,27-30H,7-14,17-25H2,1-3H3/t27-,28-,29-,30-/m0/s1. The third kappa shape index (κ3) is 8.46. The van der Waals surface area contributed by atoms with Crippen LogP contribution in [-0.4, -0.2) is 105 Å². The Balaban J connectivity index is 1.30. The summed E-state index contributed by atoms with van der Waals surface area (Å²) in [6.45, 7) is 7.30. The molecular formula is C36H52N4O7. The van der Waals surface area contributed by atoms with Gasteiger partial charge in [-0.25, -0.2) is 9.59 Å². The van der Waals surface area contributed by atoms with Crippen molar-refractivity contribution in [3.8, 4) is 0 Å². The first-order chi connectivity index (χ1) is 22.5. The van der Waals surface area contributed by atoms with Gasteiger partial charge in [-0.3, -0.25) is 19.3 Å². The normalized spacial score (nSPS) is 25.6. The zero-order valence-corrected chi connectivity index (χ0v) is 28.4. The van der Waals surface area contributed by atoms with Gasteiger partial charge in [-0.15, -0.1) is 0 Å². The van der Waals surface area contributed by atoms with E-state index in [1.165, 1.54) is 4.90 Å². The summed E-state index contributed by atoms with van der Waals surface area (Å²) in [5.74, 6) is -1.06. The monoisotopic (exact) mass is 652 g/mol. The Morgan fingerprint density at radius 1 is 0.596 bits per heavy atom. The quantitative estimate of drug-likeness (QED) is 0.411. The first kappa shape index (κ1) is 34.7. The zero-order chi connectivity index (χ0) is 33.6. The lowest BCUT2D eigenvalue weighted by Crippen LogP contribution is -2.63. The van der Waals surface area contributed by atoms with Crippen LogP contribution >= 0.6 is 0 Å². The second-order valence-corrected chi connectivity index (χ2v) is 14.4. The van der Waals surface area contributed by atoms with E-state index >= 15 is 0 Å². The van der Waals surface area contributed by atoms with E-state index in [0.29, 0.717) is 51.9 Å². The first-order valence-electron chi connectivity index (χ1n) is 17.7. The molecule has 0 saturated carbocycles. The van der Waals surface area contributed by atoms with Crippen LogP contribution in [0.4, 0.5) is 4.79 Å². The number of carbonyl (C=O) groups is 5. The van der Waals surface area contributed by atoms with Crippen LogP contribution < -0.4 is 0 Å². The minimum Gasteiger partial charge on any atom is -0.459 e. The molecule has 0 aliphatic carbocycles. The van der Waals surface area contributed by atoms with Gasteiger partial charge < -0.3 is 24.2 Å². The Kier molecular flexibility index (Phi) is 11.5. The van der Waals surface area contributed by atoms with Crippen molar-refractivity contribution in [2.45, 2.75) is 134 Å². The lowest BCUT2D eigenvalue weighted by Gasteiger charge is -2.45. The van der Waals surface area contributed by atoms with E-state index in [1.807, 2.05) is 30.3 Å². The fraction of sp³-hybridized carbons (Fsp3) is 0.694. The van der Waals surface area contributed by atoms with E-state index in [9.17, 15) is 24.0 Å². The summed E-state index contributed by atoms with van der Waals surface area (Å²) in [6, 6.07) is 6.73. The molecule has 4 amide bonds. The Morgan fingerprint density at radius 2 is 1.00 bits per heavy atom. The van der Waals surface area contributed by atoms with Crippen LogP contribution in [0.3, 0.4) is 0 Å². The minimum absolute atomic E-state index is 0.143. The Hall–Kier alpha value is -3.63. The molecule has 0 unspecified atom stereocenters. The fourth-order valence-corrected chi connectivity index (χ4v) is 7.47. The molecule has 5 rings (SSSR count). The molecule has 0 radical (unpaired) electrons. The highest BCUT2D eigenvalue weighted by atomic mass is 16.6. The summed E-state index contributed by atoms with van der Waals surface area (Å²) >= 11 is 0. The highest BCUT2D eigenvalue weighted by Gasteiger charge is 2.46. The van der Waals surface area contributed by atoms with Gasteiger partial charge in [0.2, 0.25) is 17.7 Å². The molecule has 0 spiro atoms. The lowest BCUT2D eigenvalue weighted by atomic mass is 9.93. The van der Waals surface area contributed by atoms with Crippen molar-refractivity contribution in [1.29, 1.82) is 0 Å². The number of rotatable bonds is 6. The van der Waals surface area contributed by atoms with E-state index in [0.717, 1.165) is 56.9 Å². The lowest BCUT2D eigenvalue weighted by molar-refractivity contribution is -0.163. The number of hydrogen-bond donors (Lipinski definition) is 0. The van der Waals surface area contributed by atoms with E-state index in [-0.39, 0.29) is 24.3 Å². The van der Waals surface area contributed by atoms with Gasteiger partial charge in [0, 0.05) is 26.2 Å². The summed E-state index contributed by atoms with van der Waals surface area (Å²) in [5.41, 5.74) is 0.195. The molecule has 0 N–H and O–H groups in total. The summed E-state index contributed by atoms with van der Waals surface area (Å²) < 4.78 is 11.3. The summed E-state index contributed by atoms with van der Waals surface area (Å²) in [6.07, 6.45) is 7.94. The average Bonchev–Trinajstić information content (AvgIpc) is 3.09. The molecule has 0 bridgehead atoms. The average molecular weight is 653 g/mol. The molecule has 4 aliphatic rings. The summed E-state index contributed by atoms with van der Waals surface area (Å²) in [5, 5.41) is 0. The zero-order valence-electron chi connectivity index (χ0n) is 28.4. The van der Waals surface area contributed by atoms with E-state index in [2.05, 4.69) is 0 Å². The van der Waals surface area contributed by atoms with E-state index < -0.39 is 41.8 Å². The van der Waals surface area contributed by atoms with E-state index in [4.69, 9.17) is 9.47 Å². The molecule has 4 saturated heterocycles. The molecule has 4 atom stereocenters. The Bertz CT molecular complexity index is 1280. The maximum Gasteiger partial charge on any atom is 0.410 e. The van der Waals surface area contributed by atoms with Gasteiger partial charge >= 0.3 is 12.1 Å².